The first-order chi connectivity index (χ1) is 57.6. The van der Waals surface area contributed by atoms with Crippen LogP contribution in [0.2, 0.25) is 0 Å². The molecule has 0 saturated carbocycles. The van der Waals surface area contributed by atoms with Crippen molar-refractivity contribution in [2.75, 3.05) is 9.80 Å². The lowest BCUT2D eigenvalue weighted by Crippen LogP contribution is -2.61. The molecular weight excluding hydrogens is 1440 g/mol. The highest BCUT2D eigenvalue weighted by Gasteiger charge is 2.47. The number of para-hydroxylation sites is 2. The van der Waals surface area contributed by atoms with Crippen molar-refractivity contribution in [2.24, 2.45) is 0 Å². The minimum atomic E-state index is -0.313. The van der Waals surface area contributed by atoms with Gasteiger partial charge in [-0.15, -0.1) is 0 Å². The van der Waals surface area contributed by atoms with E-state index in [2.05, 4.69) is 448 Å². The van der Waals surface area contributed by atoms with Gasteiger partial charge in [-0.05, 0) is 240 Å². The molecule has 4 heterocycles. The number of hydrogen-bond acceptors (Lipinski definition) is 2. The highest BCUT2D eigenvalue weighted by atomic mass is 15.2. The Labute approximate surface area is 697 Å². The third-order valence-corrected chi connectivity index (χ3v) is 26.2. The van der Waals surface area contributed by atoms with Gasteiger partial charge < -0.3 is 18.9 Å². The molecule has 0 spiro atoms. The number of nitrogens with zero attached hydrogens (tertiary/aromatic N) is 4. The topological polar surface area (TPSA) is 16.3 Å². The quantitative estimate of drug-likeness (QED) is 0.0813. The van der Waals surface area contributed by atoms with Crippen LogP contribution in [0.1, 0.15) is 105 Å². The van der Waals surface area contributed by atoms with Crippen molar-refractivity contribution in [3.63, 3.8) is 0 Å². The smallest absolute Gasteiger partial charge is 0.252 e. The molecule has 0 atom stereocenters. The lowest BCUT2D eigenvalue weighted by molar-refractivity contribution is 0.590. The number of rotatable bonds is 9. The summed E-state index contributed by atoms with van der Waals surface area (Å²) in [6.07, 6.45) is 0. The summed E-state index contributed by atoms with van der Waals surface area (Å²) in [7, 11) is 0. The van der Waals surface area contributed by atoms with Crippen LogP contribution in [0.5, 0.6) is 0 Å². The average molecular weight is 1530 g/mol. The van der Waals surface area contributed by atoms with Crippen molar-refractivity contribution in [3.05, 3.63) is 368 Å². The Balaban J connectivity index is 0.939. The zero-order chi connectivity index (χ0) is 80.9. The van der Waals surface area contributed by atoms with E-state index in [4.69, 9.17) is 0 Å². The van der Waals surface area contributed by atoms with Gasteiger partial charge in [0.15, 0.2) is 0 Å². The molecule has 20 aromatic rings. The maximum absolute atomic E-state index is 2.76. The summed E-state index contributed by atoms with van der Waals surface area (Å²) in [6, 6.07) is 134. The largest absolute Gasteiger partial charge is 0.310 e. The molecule has 2 aromatic heterocycles. The third-order valence-electron chi connectivity index (χ3n) is 26.2. The Bertz CT molecular complexity index is 7310. The van der Waals surface area contributed by atoms with Gasteiger partial charge in [0.2, 0.25) is 0 Å². The number of anilines is 6. The SMILES string of the molecule is CC(C)(C)c1cc(-c2ccccc2)c(N2c3cc(-c4cc5cccc6c7cccc8cccc(c(c4)c56)c87)ccc3B3c4ccc(-n5c6ccc(C(C)(C)C)cc6c6cc(C(C)(C)C)ccc65)cc4N(c4c(-c5ccccc5)cc(C(C)(C)C)cc4-c4ccccc4)c4cc(-n5c6ccccc6c6ccccc65)cc2c43)c(-c2ccccc2)c1. The number of benzene rings is 18. The van der Waals surface area contributed by atoms with Gasteiger partial charge in [-0.2, -0.15) is 0 Å². The second-order valence-corrected chi connectivity index (χ2v) is 37.6. The number of aromatic nitrogens is 2. The summed E-state index contributed by atoms with van der Waals surface area (Å²) in [5, 5.41) is 15.1. The molecule has 572 valence electrons. The van der Waals surface area contributed by atoms with E-state index in [-0.39, 0.29) is 28.4 Å². The summed E-state index contributed by atoms with van der Waals surface area (Å²) in [5.41, 5.74) is 33.1. The van der Waals surface area contributed by atoms with E-state index in [1.54, 1.807) is 0 Å². The summed E-state index contributed by atoms with van der Waals surface area (Å²) in [5.74, 6) is 0. The predicted molar refractivity (Wildman–Crippen MR) is 512 cm³/mol. The molecule has 0 unspecified atom stereocenters. The molecular formula is C114H93BN4. The maximum Gasteiger partial charge on any atom is 0.252 e. The van der Waals surface area contributed by atoms with Crippen LogP contribution in [-0.4, -0.2) is 15.8 Å². The van der Waals surface area contributed by atoms with Crippen LogP contribution in [-0.2, 0) is 21.7 Å². The van der Waals surface area contributed by atoms with Gasteiger partial charge in [0.25, 0.3) is 6.71 Å². The van der Waals surface area contributed by atoms with E-state index < -0.39 is 0 Å². The first kappa shape index (κ1) is 72.0. The average Bonchev–Trinajstić information content (AvgIpc) is 1.32. The predicted octanol–water partition coefficient (Wildman–Crippen LogP) is 29.5. The first-order valence-electron chi connectivity index (χ1n) is 42.4. The summed E-state index contributed by atoms with van der Waals surface area (Å²) >= 11 is 0. The van der Waals surface area contributed by atoms with Crippen molar-refractivity contribution in [2.45, 2.75) is 105 Å². The van der Waals surface area contributed by atoms with Gasteiger partial charge in [-0.25, -0.2) is 0 Å². The van der Waals surface area contributed by atoms with E-state index in [9.17, 15) is 0 Å². The van der Waals surface area contributed by atoms with E-state index in [0.29, 0.717) is 0 Å². The Morgan fingerprint density at radius 3 is 1.03 bits per heavy atom. The molecule has 4 nitrogen and oxygen atoms in total. The fraction of sp³-hybridized carbons (Fsp3) is 0.140. The van der Waals surface area contributed by atoms with Crippen molar-refractivity contribution in [1.82, 2.24) is 9.13 Å². The normalized spacial score (nSPS) is 13.2. The van der Waals surface area contributed by atoms with E-state index in [1.807, 2.05) is 0 Å². The molecule has 5 heteroatoms. The fourth-order valence-electron chi connectivity index (χ4n) is 20.1. The van der Waals surface area contributed by atoms with Crippen molar-refractivity contribution in [1.29, 1.82) is 0 Å². The molecule has 0 N–H and O–H groups in total. The first-order valence-corrected chi connectivity index (χ1v) is 42.4. The second-order valence-electron chi connectivity index (χ2n) is 37.6. The molecule has 0 saturated heterocycles. The minimum Gasteiger partial charge on any atom is -0.310 e. The Hall–Kier alpha value is -13.5. The monoisotopic (exact) mass is 1530 g/mol. The second kappa shape index (κ2) is 26.5. The van der Waals surface area contributed by atoms with Crippen LogP contribution >= 0.6 is 0 Å². The summed E-state index contributed by atoms with van der Waals surface area (Å²) < 4.78 is 5.15. The molecule has 18 aromatic carbocycles. The van der Waals surface area contributed by atoms with Gasteiger partial charge in [0.1, 0.15) is 0 Å². The van der Waals surface area contributed by atoms with Crippen LogP contribution in [0.3, 0.4) is 0 Å². The molecule has 119 heavy (non-hydrogen) atoms. The zero-order valence-corrected chi connectivity index (χ0v) is 69.8. The van der Waals surface area contributed by atoms with Gasteiger partial charge in [-0.3, -0.25) is 0 Å². The number of hydrogen-bond donors (Lipinski definition) is 0. The highest BCUT2D eigenvalue weighted by Crippen LogP contribution is 2.57. The molecule has 0 amide bonds. The molecule has 22 rings (SSSR count). The Morgan fingerprint density at radius 2 is 0.580 bits per heavy atom. The van der Waals surface area contributed by atoms with Crippen LogP contribution in [0.4, 0.5) is 34.1 Å². The highest BCUT2D eigenvalue weighted by molar-refractivity contribution is 7.00. The van der Waals surface area contributed by atoms with Crippen LogP contribution in [0.25, 0.3) is 154 Å². The van der Waals surface area contributed by atoms with Gasteiger partial charge in [0, 0.05) is 72.2 Å². The summed E-state index contributed by atoms with van der Waals surface area (Å²) in [6.45, 7) is 28.0. The Kier molecular flexibility index (Phi) is 16.1. The standard InChI is InChI=1S/C114H93BN4/c1-111(2,3)78-51-56-100-93(61-78)94-62-79(112(4,5)6)52-57-101(94)116(100)82-53-55-97-103(67-82)119(110-91(72-36-21-15-22-37-72)65-81(114(10,11)12)66-92(110)73-38-23-16-24-39-73)105-69-83(117-98-48-27-25-43-84(98)85-44-26-28-49-99(85)117)68-104-108(105)115(97)96-54-50-75(77-58-76-42-31-46-87-86-45-29-40-74-41-30-47-88(106(74)86)95(59-77)107(76)87)60-102(96)118(104)109-89(70-32-17-13-18-33-70)63-80(113(7,8)9)64-90(109)71-34-19-14-20-35-71/h13-69H,1-12H3. The minimum absolute atomic E-state index is 0.0807. The van der Waals surface area contributed by atoms with E-state index in [1.165, 1.54) is 120 Å². The number of fused-ring (bicyclic) bond motifs is 12. The van der Waals surface area contributed by atoms with E-state index >= 15 is 0 Å². The van der Waals surface area contributed by atoms with Crippen LogP contribution < -0.4 is 26.2 Å². The zero-order valence-electron chi connectivity index (χ0n) is 69.8. The van der Waals surface area contributed by atoms with Crippen molar-refractivity contribution >= 4 is 144 Å². The lowest BCUT2D eigenvalue weighted by Gasteiger charge is -2.46. The molecule has 0 fully saturated rings. The molecule has 0 bridgehead atoms. The lowest BCUT2D eigenvalue weighted by atomic mass is 9.33. The summed E-state index contributed by atoms with van der Waals surface area (Å²) in [4.78, 5) is 5.52. The van der Waals surface area contributed by atoms with Gasteiger partial charge in [-0.1, -0.05) is 326 Å². The van der Waals surface area contributed by atoms with Crippen molar-refractivity contribution < 1.29 is 0 Å². The third kappa shape index (κ3) is 11.4. The molecule has 2 aliphatic heterocycles. The molecule has 2 aliphatic rings. The van der Waals surface area contributed by atoms with Gasteiger partial charge in [0.05, 0.1) is 39.1 Å². The Morgan fingerprint density at radius 1 is 0.218 bits per heavy atom. The maximum atomic E-state index is 2.76. The van der Waals surface area contributed by atoms with Crippen LogP contribution in [0, 0.1) is 0 Å². The molecule has 0 aliphatic carbocycles. The molecule has 0 radical (unpaired) electrons. The van der Waals surface area contributed by atoms with Gasteiger partial charge >= 0.3 is 0 Å². The van der Waals surface area contributed by atoms with E-state index in [0.717, 1.165) is 107 Å². The van der Waals surface area contributed by atoms with Crippen molar-refractivity contribution in [3.8, 4) is 67.0 Å². The van der Waals surface area contributed by atoms with Crippen LogP contribution in [0.15, 0.2) is 346 Å². The fourth-order valence-corrected chi connectivity index (χ4v) is 20.1.